The molecule has 0 saturated heterocycles. The molecule has 0 N–H and O–H groups in total. The Morgan fingerprint density at radius 2 is 0.308 bits per heavy atom. The predicted octanol–water partition coefficient (Wildman–Crippen LogP) is 23.8. The monoisotopic (exact) mass is 1160 g/mol. The van der Waals surface area contributed by atoms with Gasteiger partial charge in [0.2, 0.25) is 0 Å². The van der Waals surface area contributed by atoms with Gasteiger partial charge in [0.05, 0.1) is 0 Å². The van der Waals surface area contributed by atoms with Crippen molar-refractivity contribution in [3.8, 4) is 0 Å². The third kappa shape index (κ3) is 62.2. The Hall–Kier alpha value is 2.13. The summed E-state index contributed by atoms with van der Waals surface area (Å²) in [6, 6.07) is 0. The van der Waals surface area contributed by atoms with Crippen molar-refractivity contribution in [2.75, 3.05) is 0 Å². The van der Waals surface area contributed by atoms with Crippen LogP contribution in [0.15, 0.2) is 0 Å². The van der Waals surface area contributed by atoms with Gasteiger partial charge in [-0.3, -0.25) is 0 Å². The van der Waals surface area contributed by atoms with Crippen molar-refractivity contribution in [2.24, 2.45) is 0 Å². The molecule has 0 amide bonds. The van der Waals surface area contributed by atoms with Gasteiger partial charge in [0.15, 0.2) is 0 Å². The van der Waals surface area contributed by atoms with Crippen molar-refractivity contribution in [1.82, 2.24) is 0 Å². The molecule has 0 heterocycles. The number of rotatable bonds is 52. The van der Waals surface area contributed by atoms with E-state index < -0.39 is 58.1 Å². The number of hydrogen-bond acceptors (Lipinski definition) is 1. The molecule has 1 nitrogen and oxygen atoms in total. The van der Waals surface area contributed by atoms with Gasteiger partial charge in [-0.15, -0.1) is 0 Å². The second kappa shape index (κ2) is 66.1. The van der Waals surface area contributed by atoms with E-state index in [4.69, 9.17) is 2.79 Å². The Balaban J connectivity index is -0.000000909. The first-order valence-corrected chi connectivity index (χ1v) is 47.6. The molecule has 0 spiro atoms. The van der Waals surface area contributed by atoms with Gasteiger partial charge in [-0.2, -0.15) is 0 Å². The average molecular weight is 1160 g/mol. The summed E-state index contributed by atoms with van der Waals surface area (Å²) in [4.78, 5) is 0. The van der Waals surface area contributed by atoms with Gasteiger partial charge in [-0.25, -0.2) is 0 Å². The van der Waals surface area contributed by atoms with E-state index in [0.29, 0.717) is 0 Å². The zero-order valence-corrected chi connectivity index (χ0v) is 56.2. The van der Waals surface area contributed by atoms with Crippen molar-refractivity contribution >= 4 is 58.1 Å². The normalized spacial score (nSPS) is 11.5. The van der Waals surface area contributed by atoms with Crippen molar-refractivity contribution < 1.29 is 2.79 Å². The molecule has 0 aliphatic heterocycles. The zero-order valence-electron chi connectivity index (χ0n) is 47.8. The Labute approximate surface area is 435 Å². The van der Waals surface area contributed by atoms with E-state index in [-0.39, 0.29) is 0 Å². The molecule has 0 aromatic heterocycles. The summed E-state index contributed by atoms with van der Waals surface area (Å²) < 4.78 is 7.10. The van der Waals surface area contributed by atoms with Crippen LogP contribution in [0.2, 0.25) is 52.5 Å². The van der Waals surface area contributed by atoms with Crippen LogP contribution in [0, 0.1) is 0 Å². The van der Waals surface area contributed by atoms with E-state index in [1.807, 2.05) is 0 Å². The van der Waals surface area contributed by atoms with Crippen LogP contribution in [0.25, 0.3) is 0 Å². The maximum absolute atomic E-state index is 7.10. The topological polar surface area (TPSA) is 9.23 Å². The van der Waals surface area contributed by atoms with E-state index in [1.54, 1.807) is 70.0 Å². The molecule has 0 fully saturated rings. The summed E-state index contributed by atoms with van der Waals surface area (Å²) in [5.41, 5.74) is 0. The SMILES string of the molecule is CCCCC[CH2][Ge]([CH2]CCCCC)[CH2]CCCCC.CCCCC[CH2][Ge]([CH2]CCCCC)[CH2]CCCCC.CCCCC[CH2][Ge]([CH2]CCCCC)[O][Ge]([CH2]CCCCC)[CH2]CCCCC. The summed E-state index contributed by atoms with van der Waals surface area (Å²) >= 11 is -3.74. The summed E-state index contributed by atoms with van der Waals surface area (Å²) in [5.74, 6) is 0. The molecular weight excluding hydrogens is 1030 g/mol. The standard InChI is InChI=1S/C24H52Ge2O.2C18H39Ge/c1-5-9-13-17-21-25(22-18-14-10-6-2)27-26(23-19-15-11-7-3)24-20-16-12-8-4;2*1-4-7-10-13-16-19(17-14-11-8-5-2)18-15-12-9-6-3/h5-24H2,1-4H3;2*4-18H2,1-3H3. The van der Waals surface area contributed by atoms with E-state index in [1.165, 1.54) is 239 Å². The maximum atomic E-state index is 7.10. The van der Waals surface area contributed by atoms with Crippen molar-refractivity contribution in [2.45, 2.75) is 379 Å². The minimum atomic E-state index is -1.23. The molecule has 0 rings (SSSR count). The van der Waals surface area contributed by atoms with Crippen LogP contribution in [0.5, 0.6) is 0 Å². The number of unbranched alkanes of at least 4 members (excludes halogenated alkanes) is 30. The van der Waals surface area contributed by atoms with Gasteiger partial charge >= 0.3 is 439 Å². The first-order chi connectivity index (χ1) is 32.0. The molecule has 0 saturated carbocycles. The molecular formula is C60H130Ge4O. The molecule has 0 aliphatic rings. The molecule has 392 valence electrons. The summed E-state index contributed by atoms with van der Waals surface area (Å²) in [5, 5.41) is 16.1. The molecule has 0 aromatic carbocycles. The van der Waals surface area contributed by atoms with Crippen LogP contribution in [0.3, 0.4) is 0 Å². The van der Waals surface area contributed by atoms with E-state index in [0.717, 1.165) is 0 Å². The van der Waals surface area contributed by atoms with Crippen LogP contribution in [0.1, 0.15) is 326 Å². The predicted molar refractivity (Wildman–Crippen MR) is 314 cm³/mol. The van der Waals surface area contributed by atoms with E-state index in [9.17, 15) is 0 Å². The van der Waals surface area contributed by atoms with Gasteiger partial charge in [-0.05, 0) is 0 Å². The molecule has 0 bridgehead atoms. The fourth-order valence-corrected chi connectivity index (χ4v) is 38.9. The van der Waals surface area contributed by atoms with Gasteiger partial charge in [0.25, 0.3) is 0 Å². The van der Waals surface area contributed by atoms with Crippen LogP contribution in [0.4, 0.5) is 0 Å². The molecule has 0 atom stereocenters. The van der Waals surface area contributed by atoms with Crippen LogP contribution < -0.4 is 0 Å². The first-order valence-electron chi connectivity index (χ1n) is 31.0. The Bertz CT molecular complexity index is 639. The van der Waals surface area contributed by atoms with Crippen LogP contribution >= 0.6 is 0 Å². The fourth-order valence-electron chi connectivity index (χ4n) is 9.21. The Kier molecular flexibility index (Phi) is 72.6. The molecule has 0 unspecified atom stereocenters. The van der Waals surface area contributed by atoms with Gasteiger partial charge < -0.3 is 0 Å². The van der Waals surface area contributed by atoms with Crippen molar-refractivity contribution in [3.05, 3.63) is 0 Å². The van der Waals surface area contributed by atoms with E-state index >= 15 is 0 Å². The fraction of sp³-hybridized carbons (Fsp3) is 1.00. The quantitative estimate of drug-likeness (QED) is 0.0436. The minimum absolute atomic E-state index is 0.643. The third-order valence-corrected chi connectivity index (χ3v) is 42.3. The average Bonchev–Trinajstić information content (AvgIpc) is 3.32. The third-order valence-electron chi connectivity index (χ3n) is 13.8. The van der Waals surface area contributed by atoms with Gasteiger partial charge in [0, 0.05) is 0 Å². The van der Waals surface area contributed by atoms with Gasteiger partial charge in [-0.1, -0.05) is 0 Å². The first kappa shape index (κ1) is 71.4. The van der Waals surface area contributed by atoms with Gasteiger partial charge in [0.1, 0.15) is 0 Å². The Morgan fingerprint density at radius 1 is 0.169 bits per heavy atom. The van der Waals surface area contributed by atoms with E-state index in [2.05, 4.69) is 69.2 Å². The molecule has 65 heavy (non-hydrogen) atoms. The molecule has 4 radical (unpaired) electrons. The molecule has 0 aromatic rings. The van der Waals surface area contributed by atoms with Crippen LogP contribution in [-0.4, -0.2) is 58.1 Å². The van der Waals surface area contributed by atoms with Crippen molar-refractivity contribution in [3.63, 3.8) is 0 Å². The van der Waals surface area contributed by atoms with Crippen molar-refractivity contribution in [1.29, 1.82) is 0 Å². The van der Waals surface area contributed by atoms with Crippen LogP contribution in [-0.2, 0) is 2.79 Å². The summed E-state index contributed by atoms with van der Waals surface area (Å²) in [6.45, 7) is 23.3. The molecule has 5 heteroatoms. The summed E-state index contributed by atoms with van der Waals surface area (Å²) in [6.07, 6.45) is 58.4. The summed E-state index contributed by atoms with van der Waals surface area (Å²) in [7, 11) is 0. The second-order valence-corrected chi connectivity index (χ2v) is 44.7. The Morgan fingerprint density at radius 3 is 0.446 bits per heavy atom. The molecule has 0 aliphatic carbocycles. The second-order valence-electron chi connectivity index (χ2n) is 20.8. The zero-order chi connectivity index (χ0) is 48.4. The number of hydrogen-bond donors (Lipinski definition) is 0.